The molecule has 1 aromatic rings. The minimum absolute atomic E-state index is 0.294. The fraction of sp³-hybridized carbons (Fsp3) is 0.538. The minimum Gasteiger partial charge on any atom is -0.506 e. The smallest absolute Gasteiger partial charge is 0.142 e. The van der Waals surface area contributed by atoms with E-state index in [1.54, 1.807) is 0 Å². The van der Waals surface area contributed by atoms with E-state index in [-0.39, 0.29) is 6.04 Å². The molecule has 0 saturated heterocycles. The average molecular weight is 473 g/mol. The largest absolute Gasteiger partial charge is 0.506 e. The van der Waals surface area contributed by atoms with E-state index in [9.17, 15) is 10.2 Å². The number of phenols is 1. The van der Waals surface area contributed by atoms with Gasteiger partial charge in [-0.05, 0) is 81.6 Å². The first kappa shape index (κ1) is 14.8. The van der Waals surface area contributed by atoms with Crippen molar-refractivity contribution in [2.24, 2.45) is 11.7 Å². The Hall–Kier alpha value is 0.400. The van der Waals surface area contributed by atoms with Gasteiger partial charge >= 0.3 is 0 Å². The summed E-state index contributed by atoms with van der Waals surface area (Å²) in [5.74, 6) is 0.617. The van der Waals surface area contributed by atoms with Gasteiger partial charge in [0.15, 0.2) is 0 Å². The summed E-state index contributed by atoms with van der Waals surface area (Å²) >= 11 is 4.18. The van der Waals surface area contributed by atoms with E-state index in [2.05, 4.69) is 45.2 Å². The lowest BCUT2D eigenvalue weighted by Gasteiger charge is -2.25. The number of phenolic OH excluding ortho intramolecular Hbond substituents is 1. The second-order valence-corrected chi connectivity index (χ2v) is 7.22. The lowest BCUT2D eigenvalue weighted by atomic mass is 9.91. The number of halogens is 2. The topological polar surface area (TPSA) is 66.5 Å². The number of rotatable bonds is 3. The van der Waals surface area contributed by atoms with Crippen LogP contribution in [0.2, 0.25) is 0 Å². The molecule has 0 amide bonds. The predicted octanol–water partition coefficient (Wildman–Crippen LogP) is 3.15. The van der Waals surface area contributed by atoms with E-state index in [4.69, 9.17) is 5.73 Å². The van der Waals surface area contributed by atoms with Gasteiger partial charge < -0.3 is 15.9 Å². The first-order valence-corrected chi connectivity index (χ1v) is 8.28. The number of aromatic hydroxyl groups is 1. The molecule has 2 atom stereocenters. The maximum absolute atomic E-state index is 10.3. The van der Waals surface area contributed by atoms with Crippen molar-refractivity contribution < 1.29 is 10.2 Å². The van der Waals surface area contributed by atoms with Crippen LogP contribution in [0.5, 0.6) is 5.75 Å². The standard InChI is InChI=1S/C13H17I2NO2/c14-9-5-8(6-10(15)13(9)18)11(16)12(17)7-3-1-2-4-7/h5-7,11-12,17-18H,1-4,16H2/t11-,12+/m1/s1. The third-order valence-electron chi connectivity index (χ3n) is 3.67. The van der Waals surface area contributed by atoms with Crippen molar-refractivity contribution in [2.75, 3.05) is 0 Å². The molecule has 1 fully saturated rings. The second-order valence-electron chi connectivity index (χ2n) is 4.89. The summed E-state index contributed by atoms with van der Waals surface area (Å²) in [7, 11) is 0. The third kappa shape index (κ3) is 3.10. The number of benzene rings is 1. The van der Waals surface area contributed by atoms with Crippen LogP contribution < -0.4 is 5.73 Å². The quantitative estimate of drug-likeness (QED) is 0.592. The molecule has 100 valence electrons. The SMILES string of the molecule is N[C@H](c1cc(I)c(O)c(I)c1)[C@@H](O)C1CCCC1. The van der Waals surface area contributed by atoms with E-state index in [1.807, 2.05) is 12.1 Å². The van der Waals surface area contributed by atoms with Gasteiger partial charge in [-0.25, -0.2) is 0 Å². The first-order valence-electron chi connectivity index (χ1n) is 6.12. The number of hydrogen-bond acceptors (Lipinski definition) is 3. The van der Waals surface area contributed by atoms with Gasteiger partial charge in [-0.1, -0.05) is 12.8 Å². The van der Waals surface area contributed by atoms with Gasteiger partial charge in [0.1, 0.15) is 5.75 Å². The molecule has 0 radical (unpaired) electrons. The molecular formula is C13H17I2NO2. The van der Waals surface area contributed by atoms with Gasteiger partial charge in [0.2, 0.25) is 0 Å². The van der Waals surface area contributed by atoms with E-state index in [0.717, 1.165) is 25.5 Å². The molecule has 1 aliphatic rings. The van der Waals surface area contributed by atoms with Crippen LogP contribution >= 0.6 is 45.2 Å². The Labute approximate surface area is 134 Å². The van der Waals surface area contributed by atoms with Gasteiger partial charge in [-0.2, -0.15) is 0 Å². The van der Waals surface area contributed by atoms with Crippen molar-refractivity contribution in [3.05, 3.63) is 24.8 Å². The fourth-order valence-electron chi connectivity index (χ4n) is 2.57. The fourth-order valence-corrected chi connectivity index (χ4v) is 4.38. The van der Waals surface area contributed by atoms with E-state index in [1.165, 1.54) is 12.8 Å². The molecule has 0 unspecified atom stereocenters. The molecule has 1 saturated carbocycles. The van der Waals surface area contributed by atoms with Crippen LogP contribution in [0, 0.1) is 13.1 Å². The van der Waals surface area contributed by atoms with Crippen molar-refractivity contribution in [3.63, 3.8) is 0 Å². The Balaban J connectivity index is 2.19. The monoisotopic (exact) mass is 473 g/mol. The molecule has 2 rings (SSSR count). The van der Waals surface area contributed by atoms with Crippen molar-refractivity contribution in [3.8, 4) is 5.75 Å². The molecular weight excluding hydrogens is 456 g/mol. The van der Waals surface area contributed by atoms with Crippen molar-refractivity contribution in [2.45, 2.75) is 37.8 Å². The Morgan fingerprint density at radius 1 is 1.17 bits per heavy atom. The normalized spacial score (nSPS) is 20.0. The molecule has 18 heavy (non-hydrogen) atoms. The number of hydrogen-bond donors (Lipinski definition) is 3. The van der Waals surface area contributed by atoms with Crippen molar-refractivity contribution in [1.29, 1.82) is 0 Å². The highest BCUT2D eigenvalue weighted by Crippen LogP contribution is 2.35. The Kier molecular flexibility index (Phi) is 5.13. The van der Waals surface area contributed by atoms with Crippen LogP contribution in [-0.2, 0) is 0 Å². The van der Waals surface area contributed by atoms with Crippen LogP contribution in [0.1, 0.15) is 37.3 Å². The summed E-state index contributed by atoms with van der Waals surface area (Å²) in [5, 5.41) is 20.1. The van der Waals surface area contributed by atoms with Crippen LogP contribution in [0.25, 0.3) is 0 Å². The zero-order valence-electron chi connectivity index (χ0n) is 9.94. The Morgan fingerprint density at radius 3 is 2.17 bits per heavy atom. The molecule has 0 spiro atoms. The first-order chi connectivity index (χ1) is 8.50. The molecule has 0 bridgehead atoms. The number of aliphatic hydroxyl groups excluding tert-OH is 1. The van der Waals surface area contributed by atoms with Crippen molar-refractivity contribution >= 4 is 45.2 Å². The Morgan fingerprint density at radius 2 is 1.67 bits per heavy atom. The zero-order chi connectivity index (χ0) is 13.3. The van der Waals surface area contributed by atoms with E-state index < -0.39 is 6.10 Å². The van der Waals surface area contributed by atoms with Gasteiger partial charge in [-0.3, -0.25) is 0 Å². The minimum atomic E-state index is -0.483. The van der Waals surface area contributed by atoms with Crippen LogP contribution in [0.15, 0.2) is 12.1 Å². The molecule has 1 aromatic carbocycles. The lowest BCUT2D eigenvalue weighted by molar-refractivity contribution is 0.0844. The summed E-state index contributed by atoms with van der Waals surface area (Å²) in [6.07, 6.45) is 4.05. The van der Waals surface area contributed by atoms with Gasteiger partial charge in [0.05, 0.1) is 19.3 Å². The molecule has 5 heteroatoms. The van der Waals surface area contributed by atoms with E-state index >= 15 is 0 Å². The highest BCUT2D eigenvalue weighted by Gasteiger charge is 2.29. The van der Waals surface area contributed by atoms with E-state index in [0.29, 0.717) is 11.7 Å². The van der Waals surface area contributed by atoms with Crippen LogP contribution in [0.4, 0.5) is 0 Å². The molecule has 1 aliphatic carbocycles. The summed E-state index contributed by atoms with van der Waals surface area (Å²) < 4.78 is 1.56. The summed E-state index contributed by atoms with van der Waals surface area (Å²) in [6.45, 7) is 0. The summed E-state index contributed by atoms with van der Waals surface area (Å²) in [6, 6.07) is 3.36. The van der Waals surface area contributed by atoms with Crippen LogP contribution in [-0.4, -0.2) is 16.3 Å². The average Bonchev–Trinajstić information content (AvgIpc) is 2.87. The van der Waals surface area contributed by atoms with Crippen LogP contribution in [0.3, 0.4) is 0 Å². The van der Waals surface area contributed by atoms with Crippen molar-refractivity contribution in [1.82, 2.24) is 0 Å². The second kappa shape index (κ2) is 6.23. The highest BCUT2D eigenvalue weighted by atomic mass is 127. The number of nitrogens with two attached hydrogens (primary N) is 1. The summed E-state index contributed by atoms with van der Waals surface area (Å²) in [5.41, 5.74) is 7.07. The maximum Gasteiger partial charge on any atom is 0.142 e. The highest BCUT2D eigenvalue weighted by molar-refractivity contribution is 14.1. The third-order valence-corrected chi connectivity index (χ3v) is 5.32. The van der Waals surface area contributed by atoms with Gasteiger partial charge in [-0.15, -0.1) is 0 Å². The molecule has 3 nitrogen and oxygen atoms in total. The summed E-state index contributed by atoms with van der Waals surface area (Å²) in [4.78, 5) is 0. The molecule has 0 aromatic heterocycles. The molecule has 0 aliphatic heterocycles. The molecule has 0 heterocycles. The van der Waals surface area contributed by atoms with Gasteiger partial charge in [0, 0.05) is 0 Å². The predicted molar refractivity (Wildman–Crippen MR) is 88.4 cm³/mol. The molecule has 4 N–H and O–H groups in total. The zero-order valence-corrected chi connectivity index (χ0v) is 14.3. The van der Waals surface area contributed by atoms with Gasteiger partial charge in [0.25, 0.3) is 0 Å². The maximum atomic E-state index is 10.3. The number of aliphatic hydroxyl groups is 1. The Bertz CT molecular complexity index is 410. The lowest BCUT2D eigenvalue weighted by Crippen LogP contribution is -2.32.